The van der Waals surface area contributed by atoms with Crippen LogP contribution in [0.1, 0.15) is 58.4 Å². The molecule has 6 heteroatoms. The van der Waals surface area contributed by atoms with E-state index in [9.17, 15) is 9.59 Å². The van der Waals surface area contributed by atoms with Gasteiger partial charge in [-0.05, 0) is 54.8 Å². The number of nitrogens with zero attached hydrogens (tertiary/aromatic N) is 2. The van der Waals surface area contributed by atoms with Crippen molar-refractivity contribution in [1.82, 2.24) is 4.90 Å². The molecular weight excluding hydrogens is 366 g/mol. The van der Waals surface area contributed by atoms with Crippen molar-refractivity contribution in [1.29, 1.82) is 0 Å². The Morgan fingerprint density at radius 2 is 1.62 bits per heavy atom. The third-order valence-corrected chi connectivity index (χ3v) is 5.31. The molecule has 1 aliphatic carbocycles. The van der Waals surface area contributed by atoms with Crippen LogP contribution in [0.2, 0.25) is 0 Å². The normalized spacial score (nSPS) is 14.6. The van der Waals surface area contributed by atoms with Crippen molar-refractivity contribution in [3.8, 4) is 0 Å². The van der Waals surface area contributed by atoms with Crippen molar-refractivity contribution < 1.29 is 14.4 Å². The first kappa shape index (κ1) is 20.6. The molecule has 0 atom stereocenters. The average molecular weight is 393 g/mol. The Labute approximate surface area is 171 Å². The van der Waals surface area contributed by atoms with E-state index >= 15 is 0 Å². The van der Waals surface area contributed by atoms with Crippen LogP contribution in [0.15, 0.2) is 53.7 Å². The molecule has 0 spiro atoms. The maximum Gasteiger partial charge on any atom is 0.255 e. The van der Waals surface area contributed by atoms with Crippen LogP contribution in [0.3, 0.4) is 0 Å². The van der Waals surface area contributed by atoms with Gasteiger partial charge < -0.3 is 15.1 Å². The molecule has 1 aliphatic rings. The van der Waals surface area contributed by atoms with E-state index in [0.717, 1.165) is 18.4 Å². The van der Waals surface area contributed by atoms with Gasteiger partial charge in [0.05, 0.1) is 6.21 Å². The summed E-state index contributed by atoms with van der Waals surface area (Å²) in [4.78, 5) is 31.7. The Bertz CT molecular complexity index is 854. The fraction of sp³-hybridized carbons (Fsp3) is 0.348. The maximum absolute atomic E-state index is 12.7. The first-order valence-electron chi connectivity index (χ1n) is 9.93. The molecule has 152 valence electrons. The van der Waals surface area contributed by atoms with Crippen molar-refractivity contribution >= 4 is 23.7 Å². The van der Waals surface area contributed by atoms with Crippen LogP contribution in [-0.4, -0.2) is 43.1 Å². The van der Waals surface area contributed by atoms with E-state index < -0.39 is 0 Å². The fourth-order valence-corrected chi connectivity index (χ4v) is 3.57. The minimum absolute atomic E-state index is 0.0306. The van der Waals surface area contributed by atoms with Crippen LogP contribution in [0.5, 0.6) is 0 Å². The second kappa shape index (κ2) is 9.87. The van der Waals surface area contributed by atoms with Crippen molar-refractivity contribution in [3.05, 3.63) is 65.2 Å². The molecule has 0 bridgehead atoms. The van der Waals surface area contributed by atoms with Gasteiger partial charge in [-0.3, -0.25) is 9.59 Å². The SMILES string of the molecule is CO/N=C/c1ccc(C(=O)Nc2ccc(C(=O)N(C)C3CCCCC3)cc2)cc1. The summed E-state index contributed by atoms with van der Waals surface area (Å²) in [5.41, 5.74) is 2.67. The van der Waals surface area contributed by atoms with E-state index in [0.29, 0.717) is 22.9 Å². The van der Waals surface area contributed by atoms with E-state index in [1.54, 1.807) is 54.7 Å². The first-order chi connectivity index (χ1) is 14.1. The average Bonchev–Trinajstić information content (AvgIpc) is 2.78. The van der Waals surface area contributed by atoms with Gasteiger partial charge in [0, 0.05) is 29.9 Å². The quantitative estimate of drug-likeness (QED) is 0.587. The monoisotopic (exact) mass is 393 g/mol. The lowest BCUT2D eigenvalue weighted by atomic mass is 9.94. The molecule has 1 fully saturated rings. The number of rotatable bonds is 6. The summed E-state index contributed by atoms with van der Waals surface area (Å²) in [5, 5.41) is 6.55. The minimum atomic E-state index is -0.210. The molecule has 0 aromatic heterocycles. The number of amides is 2. The number of nitrogens with one attached hydrogen (secondary N) is 1. The summed E-state index contributed by atoms with van der Waals surface area (Å²) >= 11 is 0. The van der Waals surface area contributed by atoms with E-state index in [1.807, 2.05) is 11.9 Å². The molecule has 0 unspecified atom stereocenters. The fourth-order valence-electron chi connectivity index (χ4n) is 3.57. The number of benzene rings is 2. The highest BCUT2D eigenvalue weighted by Gasteiger charge is 2.22. The summed E-state index contributed by atoms with van der Waals surface area (Å²) < 4.78 is 0. The van der Waals surface area contributed by atoms with Crippen LogP contribution < -0.4 is 5.32 Å². The number of hydrogen-bond acceptors (Lipinski definition) is 4. The minimum Gasteiger partial charge on any atom is -0.399 e. The molecule has 2 aromatic rings. The van der Waals surface area contributed by atoms with Gasteiger partial charge in [0.25, 0.3) is 11.8 Å². The molecule has 6 nitrogen and oxygen atoms in total. The van der Waals surface area contributed by atoms with Crippen LogP contribution in [0.4, 0.5) is 5.69 Å². The van der Waals surface area contributed by atoms with Gasteiger partial charge in [-0.2, -0.15) is 0 Å². The van der Waals surface area contributed by atoms with Crippen molar-refractivity contribution in [2.45, 2.75) is 38.1 Å². The molecule has 0 saturated heterocycles. The molecule has 2 amide bonds. The van der Waals surface area contributed by atoms with Gasteiger partial charge >= 0.3 is 0 Å². The zero-order valence-corrected chi connectivity index (χ0v) is 16.9. The Morgan fingerprint density at radius 1 is 1.00 bits per heavy atom. The van der Waals surface area contributed by atoms with Crippen LogP contribution in [0.25, 0.3) is 0 Å². The lowest BCUT2D eigenvalue weighted by Gasteiger charge is -2.31. The second-order valence-electron chi connectivity index (χ2n) is 7.28. The second-order valence-corrected chi connectivity index (χ2v) is 7.28. The number of hydrogen-bond donors (Lipinski definition) is 1. The molecule has 3 rings (SSSR count). The predicted molar refractivity (Wildman–Crippen MR) is 114 cm³/mol. The summed E-state index contributed by atoms with van der Waals surface area (Å²) in [5.74, 6) is -0.179. The summed E-state index contributed by atoms with van der Waals surface area (Å²) in [6, 6.07) is 14.4. The number of oxime groups is 1. The molecule has 0 radical (unpaired) electrons. The van der Waals surface area contributed by atoms with Gasteiger partial charge in [0.1, 0.15) is 7.11 Å². The zero-order chi connectivity index (χ0) is 20.6. The van der Waals surface area contributed by atoms with Crippen molar-refractivity contribution in [2.24, 2.45) is 5.16 Å². The standard InChI is InChI=1S/C23H27N3O3/c1-26(21-6-4-3-5-7-21)23(28)19-12-14-20(15-13-19)25-22(27)18-10-8-17(9-11-18)16-24-29-2/h8-16,21H,3-7H2,1-2H3,(H,25,27)/b24-16+. The molecule has 29 heavy (non-hydrogen) atoms. The van der Waals surface area contributed by atoms with Gasteiger partial charge in [0.2, 0.25) is 0 Å². The molecule has 1 saturated carbocycles. The lowest BCUT2D eigenvalue weighted by molar-refractivity contribution is 0.0696. The highest BCUT2D eigenvalue weighted by Crippen LogP contribution is 2.23. The van der Waals surface area contributed by atoms with Crippen LogP contribution in [0, 0.1) is 0 Å². The lowest BCUT2D eigenvalue weighted by Crippen LogP contribution is -2.38. The maximum atomic E-state index is 12.7. The summed E-state index contributed by atoms with van der Waals surface area (Å²) in [7, 11) is 3.36. The van der Waals surface area contributed by atoms with Crippen LogP contribution >= 0.6 is 0 Å². The predicted octanol–water partition coefficient (Wildman–Crippen LogP) is 4.32. The van der Waals surface area contributed by atoms with E-state index in [2.05, 4.69) is 15.3 Å². The van der Waals surface area contributed by atoms with Gasteiger partial charge in [-0.1, -0.05) is 36.6 Å². The molecule has 0 heterocycles. The zero-order valence-electron chi connectivity index (χ0n) is 16.9. The number of anilines is 1. The first-order valence-corrected chi connectivity index (χ1v) is 9.93. The Hall–Kier alpha value is -3.15. The van der Waals surface area contributed by atoms with Crippen molar-refractivity contribution in [2.75, 3.05) is 19.5 Å². The summed E-state index contributed by atoms with van der Waals surface area (Å²) in [6.45, 7) is 0. The summed E-state index contributed by atoms with van der Waals surface area (Å²) in [6.07, 6.45) is 7.36. The number of carbonyl (C=O) groups is 2. The van der Waals surface area contributed by atoms with E-state index in [-0.39, 0.29) is 11.8 Å². The largest absolute Gasteiger partial charge is 0.399 e. The Balaban J connectivity index is 1.60. The third-order valence-electron chi connectivity index (χ3n) is 5.31. The third kappa shape index (κ3) is 5.44. The van der Waals surface area contributed by atoms with E-state index in [4.69, 9.17) is 0 Å². The van der Waals surface area contributed by atoms with Gasteiger partial charge in [0.15, 0.2) is 0 Å². The Kier molecular flexibility index (Phi) is 7.00. The van der Waals surface area contributed by atoms with Crippen molar-refractivity contribution in [3.63, 3.8) is 0 Å². The molecule has 1 N–H and O–H groups in total. The van der Waals surface area contributed by atoms with Crippen LogP contribution in [-0.2, 0) is 4.84 Å². The topological polar surface area (TPSA) is 71.0 Å². The molecule has 2 aromatic carbocycles. The highest BCUT2D eigenvalue weighted by atomic mass is 16.6. The molecular formula is C23H27N3O3. The molecule has 0 aliphatic heterocycles. The van der Waals surface area contributed by atoms with Gasteiger partial charge in [-0.15, -0.1) is 0 Å². The smallest absolute Gasteiger partial charge is 0.255 e. The Morgan fingerprint density at radius 3 is 2.24 bits per heavy atom. The number of carbonyl (C=O) groups excluding carboxylic acids is 2. The van der Waals surface area contributed by atoms with E-state index in [1.165, 1.54) is 26.4 Å². The van der Waals surface area contributed by atoms with Gasteiger partial charge in [-0.25, -0.2) is 0 Å². The highest BCUT2D eigenvalue weighted by molar-refractivity contribution is 6.05.